The van der Waals surface area contributed by atoms with E-state index in [2.05, 4.69) is 6.58 Å². The van der Waals surface area contributed by atoms with Crippen LogP contribution in [0.25, 0.3) is 0 Å². The molecule has 6 heteroatoms. The summed E-state index contributed by atoms with van der Waals surface area (Å²) in [6.07, 6.45) is -0.575. The lowest BCUT2D eigenvalue weighted by Gasteiger charge is -2.33. The zero-order valence-electron chi connectivity index (χ0n) is 10.8. The van der Waals surface area contributed by atoms with E-state index < -0.39 is 29.3 Å². The van der Waals surface area contributed by atoms with Crippen molar-refractivity contribution in [3.8, 4) is 0 Å². The Morgan fingerprint density at radius 1 is 1.50 bits per heavy atom. The van der Waals surface area contributed by atoms with Gasteiger partial charge in [-0.2, -0.15) is 0 Å². The van der Waals surface area contributed by atoms with Crippen molar-refractivity contribution in [2.75, 3.05) is 6.54 Å². The molecule has 1 aliphatic rings. The molecule has 102 valence electrons. The molecule has 1 fully saturated rings. The molecule has 0 aromatic carbocycles. The Bertz CT molecular complexity index is 373. The van der Waals surface area contributed by atoms with Crippen molar-refractivity contribution >= 4 is 12.1 Å². The summed E-state index contributed by atoms with van der Waals surface area (Å²) in [5.74, 6) is -1.22. The molecule has 1 heterocycles. The van der Waals surface area contributed by atoms with E-state index in [1.54, 1.807) is 20.8 Å². The summed E-state index contributed by atoms with van der Waals surface area (Å²) in [6.45, 7) is 8.45. The minimum absolute atomic E-state index is 0.0762. The lowest BCUT2D eigenvalue weighted by atomic mass is 9.96. The Morgan fingerprint density at radius 3 is 2.44 bits per heavy atom. The Kier molecular flexibility index (Phi) is 3.71. The number of aliphatic hydroxyl groups excluding tert-OH is 1. The molecule has 0 aromatic rings. The molecule has 0 radical (unpaired) electrons. The maximum atomic E-state index is 12.0. The van der Waals surface area contributed by atoms with E-state index in [0.29, 0.717) is 0 Å². The standard InChI is InChI=1S/C12H19NO5/c1-5-12(9(15)16)6-8(14)7-13(12)10(17)18-11(2,3)4/h5,8,14H,1,6-7H2,2-4H3,(H,15,16)/t8-,12-/m0/s1. The molecule has 18 heavy (non-hydrogen) atoms. The van der Waals surface area contributed by atoms with Gasteiger partial charge in [0, 0.05) is 6.42 Å². The van der Waals surface area contributed by atoms with Gasteiger partial charge in [-0.3, -0.25) is 4.90 Å². The highest BCUT2D eigenvalue weighted by Gasteiger charge is 2.52. The SMILES string of the molecule is C=C[C@@]1(C(=O)O)C[C@H](O)CN1C(=O)OC(C)(C)C. The largest absolute Gasteiger partial charge is 0.479 e. The van der Waals surface area contributed by atoms with Gasteiger partial charge in [0.05, 0.1) is 12.6 Å². The maximum Gasteiger partial charge on any atom is 0.411 e. The third kappa shape index (κ3) is 2.64. The van der Waals surface area contributed by atoms with Crippen LogP contribution in [0.5, 0.6) is 0 Å². The van der Waals surface area contributed by atoms with Crippen molar-refractivity contribution in [2.24, 2.45) is 0 Å². The van der Waals surface area contributed by atoms with Crippen molar-refractivity contribution in [2.45, 2.75) is 44.4 Å². The lowest BCUT2D eigenvalue weighted by molar-refractivity contribution is -0.146. The number of hydrogen-bond donors (Lipinski definition) is 2. The van der Waals surface area contributed by atoms with Gasteiger partial charge in [0.25, 0.3) is 0 Å². The number of aliphatic carboxylic acids is 1. The van der Waals surface area contributed by atoms with Crippen LogP contribution >= 0.6 is 0 Å². The Balaban J connectivity index is 3.01. The highest BCUT2D eigenvalue weighted by Crippen LogP contribution is 2.32. The summed E-state index contributed by atoms with van der Waals surface area (Å²) < 4.78 is 5.14. The summed E-state index contributed by atoms with van der Waals surface area (Å²) in [5.41, 5.74) is -2.32. The molecular weight excluding hydrogens is 238 g/mol. The Morgan fingerprint density at radius 2 is 2.06 bits per heavy atom. The van der Waals surface area contributed by atoms with Gasteiger partial charge in [-0.05, 0) is 20.8 Å². The topological polar surface area (TPSA) is 87.1 Å². The molecular formula is C12H19NO5. The summed E-state index contributed by atoms with van der Waals surface area (Å²) in [5, 5.41) is 18.9. The fourth-order valence-electron chi connectivity index (χ4n) is 1.95. The van der Waals surface area contributed by atoms with Gasteiger partial charge >= 0.3 is 12.1 Å². The van der Waals surface area contributed by atoms with E-state index in [4.69, 9.17) is 4.74 Å². The highest BCUT2D eigenvalue weighted by atomic mass is 16.6. The molecule has 1 saturated heterocycles. The number of amides is 1. The predicted octanol–water partition coefficient (Wildman–Crippen LogP) is 0.997. The normalized spacial score (nSPS) is 28.0. The van der Waals surface area contributed by atoms with E-state index in [9.17, 15) is 19.8 Å². The molecule has 0 saturated carbocycles. The summed E-state index contributed by atoms with van der Waals surface area (Å²) in [6, 6.07) is 0. The van der Waals surface area contributed by atoms with Gasteiger partial charge in [-0.15, -0.1) is 6.58 Å². The van der Waals surface area contributed by atoms with Crippen LogP contribution < -0.4 is 0 Å². The zero-order valence-corrected chi connectivity index (χ0v) is 10.8. The average Bonchev–Trinajstić information content (AvgIpc) is 2.54. The molecule has 0 unspecified atom stereocenters. The van der Waals surface area contributed by atoms with E-state index in [0.717, 1.165) is 11.0 Å². The first-order valence-corrected chi connectivity index (χ1v) is 5.68. The molecule has 0 aromatic heterocycles. The number of hydrogen-bond acceptors (Lipinski definition) is 4. The second kappa shape index (κ2) is 4.61. The van der Waals surface area contributed by atoms with Crippen molar-refractivity contribution < 1.29 is 24.5 Å². The number of ether oxygens (including phenoxy) is 1. The average molecular weight is 257 g/mol. The van der Waals surface area contributed by atoms with Gasteiger partial charge in [0.15, 0.2) is 5.54 Å². The molecule has 1 amide bonds. The van der Waals surface area contributed by atoms with Gasteiger partial charge < -0.3 is 14.9 Å². The van der Waals surface area contributed by atoms with Gasteiger partial charge in [-0.1, -0.05) is 6.08 Å². The first kappa shape index (κ1) is 14.5. The molecule has 2 N–H and O–H groups in total. The van der Waals surface area contributed by atoms with Gasteiger partial charge in [0.2, 0.25) is 0 Å². The molecule has 0 spiro atoms. The van der Waals surface area contributed by atoms with Crippen LogP contribution in [-0.2, 0) is 9.53 Å². The lowest BCUT2D eigenvalue weighted by Crippen LogP contribution is -2.52. The number of rotatable bonds is 2. The quantitative estimate of drug-likeness (QED) is 0.720. The third-order valence-corrected chi connectivity index (χ3v) is 2.74. The van der Waals surface area contributed by atoms with Crippen molar-refractivity contribution in [1.82, 2.24) is 4.90 Å². The summed E-state index contributed by atoms with van der Waals surface area (Å²) in [4.78, 5) is 24.3. The molecule has 1 rings (SSSR count). The van der Waals surface area contributed by atoms with Crippen molar-refractivity contribution in [3.05, 3.63) is 12.7 Å². The first-order valence-electron chi connectivity index (χ1n) is 5.68. The number of carboxylic acids is 1. The molecule has 2 atom stereocenters. The molecule has 0 bridgehead atoms. The molecule has 1 aliphatic heterocycles. The number of likely N-dealkylation sites (tertiary alicyclic amines) is 1. The fourth-order valence-corrected chi connectivity index (χ4v) is 1.95. The van der Waals surface area contributed by atoms with E-state index >= 15 is 0 Å². The van der Waals surface area contributed by atoms with Crippen LogP contribution in [0, 0.1) is 0 Å². The second-order valence-corrected chi connectivity index (χ2v) is 5.38. The summed E-state index contributed by atoms with van der Waals surface area (Å²) in [7, 11) is 0. The number of nitrogens with zero attached hydrogens (tertiary/aromatic N) is 1. The maximum absolute atomic E-state index is 12.0. The monoisotopic (exact) mass is 257 g/mol. The molecule has 0 aliphatic carbocycles. The van der Waals surface area contributed by atoms with E-state index in [-0.39, 0.29) is 13.0 Å². The van der Waals surface area contributed by atoms with Gasteiger partial charge in [0.1, 0.15) is 5.60 Å². The Hall–Kier alpha value is -1.56. The molecule has 6 nitrogen and oxygen atoms in total. The van der Waals surface area contributed by atoms with Crippen LogP contribution in [0.15, 0.2) is 12.7 Å². The van der Waals surface area contributed by atoms with Crippen LogP contribution in [-0.4, -0.2) is 51.0 Å². The van der Waals surface area contributed by atoms with Crippen LogP contribution in [0.3, 0.4) is 0 Å². The second-order valence-electron chi connectivity index (χ2n) is 5.38. The van der Waals surface area contributed by atoms with Crippen molar-refractivity contribution in [3.63, 3.8) is 0 Å². The number of carboxylic acid groups (broad SMARTS) is 1. The third-order valence-electron chi connectivity index (χ3n) is 2.74. The minimum Gasteiger partial charge on any atom is -0.479 e. The first-order chi connectivity index (χ1) is 8.12. The Labute approximate surface area is 106 Å². The number of carbonyl (C=O) groups excluding carboxylic acids is 1. The number of aliphatic hydroxyl groups is 1. The fraction of sp³-hybridized carbons (Fsp3) is 0.667. The predicted molar refractivity (Wildman–Crippen MR) is 64.1 cm³/mol. The van der Waals surface area contributed by atoms with Crippen LogP contribution in [0.1, 0.15) is 27.2 Å². The number of carbonyl (C=O) groups is 2. The van der Waals surface area contributed by atoms with Crippen LogP contribution in [0.2, 0.25) is 0 Å². The minimum atomic E-state index is -1.60. The summed E-state index contributed by atoms with van der Waals surface area (Å²) >= 11 is 0. The van der Waals surface area contributed by atoms with E-state index in [1.807, 2.05) is 0 Å². The van der Waals surface area contributed by atoms with Gasteiger partial charge in [-0.25, -0.2) is 9.59 Å². The zero-order chi connectivity index (χ0) is 14.1. The van der Waals surface area contributed by atoms with Crippen LogP contribution in [0.4, 0.5) is 4.79 Å². The highest BCUT2D eigenvalue weighted by molar-refractivity contribution is 5.87. The van der Waals surface area contributed by atoms with Crippen molar-refractivity contribution in [1.29, 1.82) is 0 Å². The van der Waals surface area contributed by atoms with E-state index in [1.165, 1.54) is 0 Å². The smallest absolute Gasteiger partial charge is 0.411 e. The number of β-amino-alcohol motifs (C(OH)–C–C–N with tert-alkyl or cyclic N) is 1.